The smallest absolute Gasteiger partial charge is 0.328 e. The fourth-order valence-electron chi connectivity index (χ4n) is 2.28. The molecule has 0 saturated heterocycles. The first-order valence-corrected chi connectivity index (χ1v) is 6.29. The van der Waals surface area contributed by atoms with Crippen molar-refractivity contribution in [1.29, 1.82) is 0 Å². The molecule has 0 bridgehead atoms. The lowest BCUT2D eigenvalue weighted by Crippen LogP contribution is -2.52. The third kappa shape index (κ3) is 4.18. The van der Waals surface area contributed by atoms with E-state index in [1.807, 2.05) is 0 Å². The molecule has 0 heterocycles. The number of nitrogens with one attached hydrogen (secondary N) is 2. The van der Waals surface area contributed by atoms with Gasteiger partial charge in [0.25, 0.3) is 0 Å². The summed E-state index contributed by atoms with van der Waals surface area (Å²) in [6.07, 6.45) is 3.37. The number of urea groups is 1. The topological polar surface area (TPSA) is 98.7 Å². The highest BCUT2D eigenvalue weighted by molar-refractivity contribution is 5.82. The number of aliphatic hydroxyl groups excluding tert-OH is 1. The molecule has 0 spiro atoms. The van der Waals surface area contributed by atoms with Crippen LogP contribution in [0, 0.1) is 5.41 Å². The Balaban J connectivity index is 2.38. The van der Waals surface area contributed by atoms with E-state index in [2.05, 4.69) is 17.6 Å². The van der Waals surface area contributed by atoms with Crippen LogP contribution in [0.4, 0.5) is 4.79 Å². The highest BCUT2D eigenvalue weighted by Crippen LogP contribution is 2.36. The largest absolute Gasteiger partial charge is 0.480 e. The number of hydrogen-bond acceptors (Lipinski definition) is 3. The second-order valence-corrected chi connectivity index (χ2v) is 5.40. The van der Waals surface area contributed by atoms with E-state index in [4.69, 9.17) is 5.11 Å². The molecule has 1 aliphatic carbocycles. The molecule has 18 heavy (non-hydrogen) atoms. The van der Waals surface area contributed by atoms with Crippen LogP contribution in [0.1, 0.15) is 39.5 Å². The number of rotatable bonds is 5. The van der Waals surface area contributed by atoms with Gasteiger partial charge >= 0.3 is 12.0 Å². The Bertz CT molecular complexity index is 311. The van der Waals surface area contributed by atoms with Crippen molar-refractivity contribution in [3.05, 3.63) is 0 Å². The van der Waals surface area contributed by atoms with E-state index in [-0.39, 0.29) is 5.41 Å². The van der Waals surface area contributed by atoms with Gasteiger partial charge < -0.3 is 20.8 Å². The lowest BCUT2D eigenvalue weighted by atomic mass is 9.89. The summed E-state index contributed by atoms with van der Waals surface area (Å²) in [5.41, 5.74) is 0.112. The Hall–Kier alpha value is -1.30. The molecule has 2 amide bonds. The molecule has 2 unspecified atom stereocenters. The van der Waals surface area contributed by atoms with Crippen LogP contribution in [0.5, 0.6) is 0 Å². The SMILES string of the molecule is CC(O)C(NC(=O)NCC1(C)CCCC1)C(=O)O. The Morgan fingerprint density at radius 1 is 1.33 bits per heavy atom. The molecule has 104 valence electrons. The summed E-state index contributed by atoms with van der Waals surface area (Å²) in [7, 11) is 0. The van der Waals surface area contributed by atoms with E-state index in [0.29, 0.717) is 6.54 Å². The molecule has 4 N–H and O–H groups in total. The quantitative estimate of drug-likeness (QED) is 0.583. The molecule has 6 heteroatoms. The van der Waals surface area contributed by atoms with Crippen molar-refractivity contribution in [1.82, 2.24) is 10.6 Å². The van der Waals surface area contributed by atoms with E-state index in [0.717, 1.165) is 12.8 Å². The van der Waals surface area contributed by atoms with Crippen molar-refractivity contribution in [3.8, 4) is 0 Å². The van der Waals surface area contributed by atoms with E-state index >= 15 is 0 Å². The molecule has 0 radical (unpaired) electrons. The van der Waals surface area contributed by atoms with Crippen LogP contribution in [0.2, 0.25) is 0 Å². The second-order valence-electron chi connectivity index (χ2n) is 5.40. The standard InChI is InChI=1S/C12H22N2O4/c1-8(15)9(10(16)17)14-11(18)13-7-12(2)5-3-4-6-12/h8-9,15H,3-7H2,1-2H3,(H,16,17)(H2,13,14,18). The van der Waals surface area contributed by atoms with Gasteiger partial charge in [0.05, 0.1) is 6.10 Å². The van der Waals surface area contributed by atoms with E-state index in [9.17, 15) is 14.7 Å². The molecule has 1 saturated carbocycles. The Labute approximate surface area is 107 Å². The molecule has 0 aromatic rings. The van der Waals surface area contributed by atoms with Crippen molar-refractivity contribution >= 4 is 12.0 Å². The number of aliphatic hydroxyl groups is 1. The molecule has 0 aromatic heterocycles. The molecule has 2 atom stereocenters. The maximum absolute atomic E-state index is 11.6. The van der Waals surface area contributed by atoms with Crippen molar-refractivity contribution < 1.29 is 19.8 Å². The summed E-state index contributed by atoms with van der Waals surface area (Å²) in [6.45, 7) is 3.98. The number of hydrogen-bond donors (Lipinski definition) is 4. The van der Waals surface area contributed by atoms with Crippen LogP contribution in [-0.2, 0) is 4.79 Å². The zero-order valence-corrected chi connectivity index (χ0v) is 10.9. The fourth-order valence-corrected chi connectivity index (χ4v) is 2.28. The highest BCUT2D eigenvalue weighted by atomic mass is 16.4. The predicted molar refractivity (Wildman–Crippen MR) is 66.2 cm³/mol. The maximum atomic E-state index is 11.6. The lowest BCUT2D eigenvalue weighted by molar-refractivity contribution is -0.141. The minimum atomic E-state index is -1.28. The summed E-state index contributed by atoms with van der Waals surface area (Å²) in [5.74, 6) is -1.24. The monoisotopic (exact) mass is 258 g/mol. The van der Waals surface area contributed by atoms with Gasteiger partial charge in [-0.05, 0) is 25.2 Å². The molecular formula is C12H22N2O4. The number of carboxylic acid groups (broad SMARTS) is 1. The summed E-state index contributed by atoms with van der Waals surface area (Å²) in [6, 6.07) is -1.82. The van der Waals surface area contributed by atoms with Crippen molar-refractivity contribution in [2.24, 2.45) is 5.41 Å². The van der Waals surface area contributed by atoms with Gasteiger partial charge in [0.2, 0.25) is 0 Å². The number of carboxylic acids is 1. The van der Waals surface area contributed by atoms with Crippen molar-refractivity contribution in [2.75, 3.05) is 6.54 Å². The van der Waals surface area contributed by atoms with Gasteiger partial charge in [0.1, 0.15) is 0 Å². The van der Waals surface area contributed by atoms with Gasteiger partial charge in [-0.2, -0.15) is 0 Å². The summed E-state index contributed by atoms with van der Waals surface area (Å²) >= 11 is 0. The van der Waals surface area contributed by atoms with Crippen molar-refractivity contribution in [2.45, 2.75) is 51.7 Å². The fraction of sp³-hybridized carbons (Fsp3) is 0.833. The van der Waals surface area contributed by atoms with Crippen LogP contribution in [0.25, 0.3) is 0 Å². The molecular weight excluding hydrogens is 236 g/mol. The van der Waals surface area contributed by atoms with Crippen LogP contribution >= 0.6 is 0 Å². The zero-order chi connectivity index (χ0) is 13.8. The normalized spacial score (nSPS) is 21.1. The third-order valence-electron chi connectivity index (χ3n) is 3.52. The lowest BCUT2D eigenvalue weighted by Gasteiger charge is -2.25. The first kappa shape index (κ1) is 14.8. The number of carbonyl (C=O) groups excluding carboxylic acids is 1. The zero-order valence-electron chi connectivity index (χ0n) is 10.9. The van der Waals surface area contributed by atoms with Crippen molar-refractivity contribution in [3.63, 3.8) is 0 Å². The van der Waals surface area contributed by atoms with Gasteiger partial charge in [-0.1, -0.05) is 19.8 Å². The molecule has 1 rings (SSSR count). The van der Waals surface area contributed by atoms with Crippen LogP contribution in [0.3, 0.4) is 0 Å². The molecule has 6 nitrogen and oxygen atoms in total. The first-order valence-electron chi connectivity index (χ1n) is 6.29. The van der Waals surface area contributed by atoms with Crippen LogP contribution < -0.4 is 10.6 Å². The second kappa shape index (κ2) is 6.04. The number of carbonyl (C=O) groups is 2. The van der Waals surface area contributed by atoms with Gasteiger partial charge in [-0.3, -0.25) is 0 Å². The van der Waals surface area contributed by atoms with Crippen LogP contribution in [-0.4, -0.2) is 40.9 Å². The molecule has 1 fully saturated rings. The highest BCUT2D eigenvalue weighted by Gasteiger charge is 2.30. The molecule has 0 aliphatic heterocycles. The molecule has 1 aliphatic rings. The van der Waals surface area contributed by atoms with Gasteiger partial charge in [-0.15, -0.1) is 0 Å². The Morgan fingerprint density at radius 2 is 1.89 bits per heavy atom. The number of aliphatic carboxylic acids is 1. The third-order valence-corrected chi connectivity index (χ3v) is 3.52. The van der Waals surface area contributed by atoms with E-state index in [1.165, 1.54) is 19.8 Å². The predicted octanol–water partition coefficient (Wildman–Crippen LogP) is 0.700. The Kier molecular flexibility index (Phi) is 4.95. The average molecular weight is 258 g/mol. The summed E-state index contributed by atoms with van der Waals surface area (Å²) in [4.78, 5) is 22.4. The Morgan fingerprint density at radius 3 is 2.33 bits per heavy atom. The maximum Gasteiger partial charge on any atom is 0.328 e. The minimum Gasteiger partial charge on any atom is -0.480 e. The minimum absolute atomic E-state index is 0.112. The van der Waals surface area contributed by atoms with Crippen LogP contribution in [0.15, 0.2) is 0 Å². The van der Waals surface area contributed by atoms with Gasteiger partial charge in [0.15, 0.2) is 6.04 Å². The average Bonchev–Trinajstić information content (AvgIpc) is 2.70. The molecule has 0 aromatic carbocycles. The number of amides is 2. The first-order chi connectivity index (χ1) is 8.34. The van der Waals surface area contributed by atoms with E-state index < -0.39 is 24.1 Å². The summed E-state index contributed by atoms with van der Waals surface area (Å²) < 4.78 is 0. The summed E-state index contributed by atoms with van der Waals surface area (Å²) in [5, 5.41) is 23.0. The van der Waals surface area contributed by atoms with E-state index in [1.54, 1.807) is 0 Å². The van der Waals surface area contributed by atoms with Gasteiger partial charge in [-0.25, -0.2) is 9.59 Å². The van der Waals surface area contributed by atoms with Gasteiger partial charge in [0, 0.05) is 6.54 Å².